The molecule has 0 saturated carbocycles. The maximum Gasteiger partial charge on any atom is 0.364 e. The van der Waals surface area contributed by atoms with Gasteiger partial charge in [-0.1, -0.05) is 31.5 Å². The van der Waals surface area contributed by atoms with E-state index in [-0.39, 0.29) is 5.41 Å². The molecule has 0 spiro atoms. The average molecular weight is 387 g/mol. The number of hydrogen-bond acceptors (Lipinski definition) is 5. The Labute approximate surface area is 165 Å². The van der Waals surface area contributed by atoms with Gasteiger partial charge in [0, 0.05) is 17.9 Å². The van der Waals surface area contributed by atoms with Crippen molar-refractivity contribution < 1.29 is 23.8 Å². The molecule has 1 saturated heterocycles. The zero-order valence-electron chi connectivity index (χ0n) is 16.9. The molecule has 1 aliphatic rings. The Balaban J connectivity index is 1.52. The Morgan fingerprint density at radius 1 is 1.18 bits per heavy atom. The van der Waals surface area contributed by atoms with E-state index in [1.165, 1.54) is 6.92 Å². The molecule has 1 aromatic carbocycles. The van der Waals surface area contributed by atoms with Crippen LogP contribution < -0.4 is 0 Å². The van der Waals surface area contributed by atoms with Gasteiger partial charge in [0.1, 0.15) is 5.76 Å². The second kappa shape index (κ2) is 8.45. The second-order valence-electron chi connectivity index (χ2n) is 7.78. The van der Waals surface area contributed by atoms with Crippen molar-refractivity contribution in [2.24, 2.45) is 5.41 Å². The van der Waals surface area contributed by atoms with Crippen LogP contribution in [-0.2, 0) is 20.7 Å². The molecule has 0 amide bonds. The van der Waals surface area contributed by atoms with Gasteiger partial charge in [-0.3, -0.25) is 0 Å². The number of aromatic nitrogens is 1. The first-order chi connectivity index (χ1) is 13.4. The predicted molar refractivity (Wildman–Crippen MR) is 105 cm³/mol. The van der Waals surface area contributed by atoms with Gasteiger partial charge >= 0.3 is 5.97 Å². The summed E-state index contributed by atoms with van der Waals surface area (Å²) in [7, 11) is 0. The lowest BCUT2D eigenvalue weighted by atomic mass is 9.80. The van der Waals surface area contributed by atoms with E-state index in [9.17, 15) is 9.90 Å². The van der Waals surface area contributed by atoms with Crippen LogP contribution in [0, 0.1) is 12.3 Å². The Kier molecular flexibility index (Phi) is 6.20. The molecule has 3 rings (SSSR count). The Hall–Kier alpha value is -2.18. The zero-order valence-corrected chi connectivity index (χ0v) is 16.9. The third kappa shape index (κ3) is 4.45. The van der Waals surface area contributed by atoms with Gasteiger partial charge in [0.05, 0.1) is 18.9 Å². The molecule has 0 bridgehead atoms. The molecule has 152 valence electrons. The minimum absolute atomic E-state index is 0.122. The van der Waals surface area contributed by atoms with E-state index >= 15 is 0 Å². The second-order valence-corrected chi connectivity index (χ2v) is 7.78. The van der Waals surface area contributed by atoms with Crippen molar-refractivity contribution >= 4 is 5.97 Å². The molecule has 28 heavy (non-hydrogen) atoms. The van der Waals surface area contributed by atoms with Gasteiger partial charge < -0.3 is 19.0 Å². The summed E-state index contributed by atoms with van der Waals surface area (Å²) in [6.07, 6.45) is 4.67. The number of benzene rings is 1. The first-order valence-corrected chi connectivity index (χ1v) is 9.90. The van der Waals surface area contributed by atoms with Gasteiger partial charge in [0.15, 0.2) is 0 Å². The molecule has 0 radical (unpaired) electrons. The summed E-state index contributed by atoms with van der Waals surface area (Å²) in [6, 6.07) is 9.91. The van der Waals surface area contributed by atoms with E-state index in [0.29, 0.717) is 19.1 Å². The molecule has 0 aliphatic carbocycles. The normalized spacial score (nSPS) is 25.0. The highest BCUT2D eigenvalue weighted by molar-refractivity contribution is 5.75. The summed E-state index contributed by atoms with van der Waals surface area (Å²) in [5, 5.41) is 9.23. The molecule has 6 heteroatoms. The maximum atomic E-state index is 11.3. The van der Waals surface area contributed by atoms with Crippen LogP contribution in [0.3, 0.4) is 0 Å². The lowest BCUT2D eigenvalue weighted by Gasteiger charge is -2.42. The molecule has 1 fully saturated rings. The van der Waals surface area contributed by atoms with Crippen LogP contribution in [0.25, 0.3) is 11.5 Å². The van der Waals surface area contributed by atoms with Crippen LogP contribution in [0.5, 0.6) is 0 Å². The van der Waals surface area contributed by atoms with Gasteiger partial charge in [-0.25, -0.2) is 9.78 Å². The summed E-state index contributed by atoms with van der Waals surface area (Å²) in [5.74, 6) is -1.07. The van der Waals surface area contributed by atoms with Crippen molar-refractivity contribution in [2.75, 3.05) is 13.2 Å². The van der Waals surface area contributed by atoms with Crippen LogP contribution in [-0.4, -0.2) is 35.1 Å². The smallest absolute Gasteiger partial charge is 0.364 e. The van der Waals surface area contributed by atoms with E-state index in [1.807, 2.05) is 37.3 Å². The van der Waals surface area contributed by atoms with E-state index in [4.69, 9.17) is 13.9 Å². The van der Waals surface area contributed by atoms with Crippen LogP contribution >= 0.6 is 0 Å². The quantitative estimate of drug-likeness (QED) is 0.666. The molecule has 1 aromatic heterocycles. The van der Waals surface area contributed by atoms with Crippen LogP contribution in [0.2, 0.25) is 0 Å². The number of aliphatic carboxylic acids is 1. The van der Waals surface area contributed by atoms with Gasteiger partial charge in [-0.15, -0.1) is 0 Å². The molecule has 1 N–H and O–H groups in total. The molecule has 0 unspecified atom stereocenters. The molecule has 2 aromatic rings. The number of carboxylic acid groups (broad SMARTS) is 1. The van der Waals surface area contributed by atoms with Crippen molar-refractivity contribution in [1.82, 2.24) is 4.98 Å². The fraction of sp³-hybridized carbons (Fsp3) is 0.545. The van der Waals surface area contributed by atoms with Gasteiger partial charge in [-0.05, 0) is 44.7 Å². The number of carbonyl (C=O) groups is 1. The summed E-state index contributed by atoms with van der Waals surface area (Å²) in [5.41, 5.74) is 1.86. The number of rotatable bonds is 8. The Morgan fingerprint density at radius 3 is 2.46 bits per heavy atom. The number of nitrogens with zero attached hydrogens (tertiary/aromatic N) is 1. The number of carboxylic acids is 1. The van der Waals surface area contributed by atoms with Crippen LogP contribution in [0.4, 0.5) is 0 Å². The van der Waals surface area contributed by atoms with Crippen LogP contribution in [0.15, 0.2) is 34.7 Å². The highest BCUT2D eigenvalue weighted by atomic mass is 16.7. The monoisotopic (exact) mass is 387 g/mol. The van der Waals surface area contributed by atoms with Crippen molar-refractivity contribution in [3.8, 4) is 11.5 Å². The first-order valence-electron chi connectivity index (χ1n) is 9.90. The molecular weight excluding hydrogens is 358 g/mol. The van der Waals surface area contributed by atoms with Gasteiger partial charge in [0.25, 0.3) is 5.79 Å². The Morgan fingerprint density at radius 2 is 1.86 bits per heavy atom. The summed E-state index contributed by atoms with van der Waals surface area (Å²) in [6.45, 7) is 6.34. The molecule has 0 atom stereocenters. The van der Waals surface area contributed by atoms with Gasteiger partial charge in [-0.2, -0.15) is 0 Å². The predicted octanol–water partition coefficient (Wildman–Crippen LogP) is 4.61. The maximum absolute atomic E-state index is 11.3. The number of hydrogen-bond donors (Lipinski definition) is 1. The van der Waals surface area contributed by atoms with Gasteiger partial charge in [0.2, 0.25) is 5.89 Å². The third-order valence-electron chi connectivity index (χ3n) is 5.73. The van der Waals surface area contributed by atoms with E-state index in [0.717, 1.165) is 49.1 Å². The lowest BCUT2D eigenvalue weighted by molar-refractivity contribution is -0.290. The number of unbranched alkanes of at least 4 members (excludes halogenated alkanes) is 1. The molecule has 2 heterocycles. The Bertz CT molecular complexity index is 791. The van der Waals surface area contributed by atoms with E-state index in [2.05, 4.69) is 11.9 Å². The number of ether oxygens (including phenoxy) is 2. The number of aryl methyl sites for hydroxylation is 2. The topological polar surface area (TPSA) is 81.8 Å². The SMILES string of the molecule is CCC1(CCCCc2nc(-c3ccccc3)oc2C)COC(C)(C(=O)O)OC1. The van der Waals surface area contributed by atoms with E-state index < -0.39 is 11.8 Å². The fourth-order valence-corrected chi connectivity index (χ4v) is 3.47. The summed E-state index contributed by atoms with van der Waals surface area (Å²) < 4.78 is 17.0. The minimum atomic E-state index is -1.52. The van der Waals surface area contributed by atoms with E-state index in [1.54, 1.807) is 0 Å². The average Bonchev–Trinajstić information content (AvgIpc) is 3.08. The fourth-order valence-electron chi connectivity index (χ4n) is 3.47. The summed E-state index contributed by atoms with van der Waals surface area (Å²) in [4.78, 5) is 15.9. The highest BCUT2D eigenvalue weighted by Gasteiger charge is 2.45. The number of oxazole rings is 1. The lowest BCUT2D eigenvalue weighted by Crippen LogP contribution is -2.52. The van der Waals surface area contributed by atoms with Crippen molar-refractivity contribution in [3.63, 3.8) is 0 Å². The first kappa shape index (κ1) is 20.6. The molecule has 6 nitrogen and oxygen atoms in total. The van der Waals surface area contributed by atoms with Crippen LogP contribution in [0.1, 0.15) is 51.0 Å². The molecule has 1 aliphatic heterocycles. The molecular formula is C22H29NO5. The third-order valence-corrected chi connectivity index (χ3v) is 5.73. The van der Waals surface area contributed by atoms with Crippen molar-refractivity contribution in [3.05, 3.63) is 41.8 Å². The zero-order chi connectivity index (χ0) is 20.2. The summed E-state index contributed by atoms with van der Waals surface area (Å²) >= 11 is 0. The largest absolute Gasteiger partial charge is 0.477 e. The van der Waals surface area contributed by atoms with Crippen molar-refractivity contribution in [2.45, 2.75) is 58.7 Å². The van der Waals surface area contributed by atoms with Crippen molar-refractivity contribution in [1.29, 1.82) is 0 Å². The highest BCUT2D eigenvalue weighted by Crippen LogP contribution is 2.37. The standard InChI is InChI=1S/C22H29NO5/c1-4-22(14-26-21(3,20(24)25)27-15-22)13-9-8-12-18-16(2)28-19(23-18)17-10-6-5-7-11-17/h5-7,10-11H,4,8-9,12-15H2,1-3H3,(H,24,25). The minimum Gasteiger partial charge on any atom is -0.477 e.